The van der Waals surface area contributed by atoms with E-state index in [1.54, 1.807) is 31.2 Å². The van der Waals surface area contributed by atoms with Crippen molar-refractivity contribution in [2.45, 2.75) is 6.92 Å². The Morgan fingerprint density at radius 3 is 2.56 bits per heavy atom. The molecule has 0 bridgehead atoms. The molecule has 6 nitrogen and oxygen atoms in total. The number of anilines is 2. The van der Waals surface area contributed by atoms with Gasteiger partial charge in [0.25, 0.3) is 0 Å². The van der Waals surface area contributed by atoms with Gasteiger partial charge in [0.05, 0.1) is 4.92 Å². The molecule has 0 aliphatic rings. The highest BCUT2D eigenvalue weighted by Gasteiger charge is 2.19. The Bertz CT molecular complexity index is 586. The van der Waals surface area contributed by atoms with Crippen molar-refractivity contribution in [2.75, 3.05) is 5.32 Å². The van der Waals surface area contributed by atoms with Crippen LogP contribution >= 0.6 is 11.6 Å². The summed E-state index contributed by atoms with van der Waals surface area (Å²) in [5.41, 5.74) is 0.847. The summed E-state index contributed by atoms with van der Waals surface area (Å²) in [6.07, 6.45) is 1.28. The Balaban J connectivity index is 2.37. The molecule has 2 rings (SSSR count). The van der Waals surface area contributed by atoms with Gasteiger partial charge in [-0.2, -0.15) is 0 Å². The zero-order valence-electron chi connectivity index (χ0n) is 9.42. The number of benzene rings is 1. The van der Waals surface area contributed by atoms with E-state index < -0.39 is 4.92 Å². The van der Waals surface area contributed by atoms with E-state index in [2.05, 4.69) is 15.3 Å². The molecule has 0 aliphatic carbocycles. The lowest BCUT2D eigenvalue weighted by Gasteiger charge is -2.06. The number of halogens is 1. The molecule has 1 N–H and O–H groups in total. The van der Waals surface area contributed by atoms with E-state index in [0.29, 0.717) is 16.4 Å². The van der Waals surface area contributed by atoms with Crippen LogP contribution in [0.2, 0.25) is 5.02 Å². The van der Waals surface area contributed by atoms with Crippen LogP contribution in [0.4, 0.5) is 17.2 Å². The molecule has 0 fully saturated rings. The fraction of sp³-hybridized carbons (Fsp3) is 0.0909. The third-order valence-corrected chi connectivity index (χ3v) is 2.55. The van der Waals surface area contributed by atoms with E-state index in [0.717, 1.165) is 0 Å². The average Bonchev–Trinajstić information content (AvgIpc) is 2.32. The van der Waals surface area contributed by atoms with Crippen molar-refractivity contribution < 1.29 is 4.92 Å². The van der Waals surface area contributed by atoms with Gasteiger partial charge >= 0.3 is 5.69 Å². The molecular weight excluding hydrogens is 256 g/mol. The zero-order valence-corrected chi connectivity index (χ0v) is 10.2. The van der Waals surface area contributed by atoms with Gasteiger partial charge in [-0.3, -0.25) is 10.1 Å². The van der Waals surface area contributed by atoms with Gasteiger partial charge in [-0.15, -0.1) is 0 Å². The maximum atomic E-state index is 11.0. The molecule has 0 saturated carbocycles. The van der Waals surface area contributed by atoms with Crippen LogP contribution in [-0.4, -0.2) is 14.9 Å². The van der Waals surface area contributed by atoms with Gasteiger partial charge in [0.15, 0.2) is 0 Å². The third-order valence-electron chi connectivity index (χ3n) is 2.29. The summed E-state index contributed by atoms with van der Waals surface area (Å²) in [5, 5.41) is 14.4. The second-order valence-corrected chi connectivity index (χ2v) is 3.98. The number of hydrogen-bond donors (Lipinski definition) is 1. The summed E-state index contributed by atoms with van der Waals surface area (Å²) < 4.78 is 0. The van der Waals surface area contributed by atoms with Crippen LogP contribution < -0.4 is 5.32 Å². The lowest BCUT2D eigenvalue weighted by molar-refractivity contribution is -0.385. The van der Waals surface area contributed by atoms with Crippen molar-refractivity contribution in [3.05, 3.63) is 51.4 Å². The molecule has 1 aromatic carbocycles. The molecule has 7 heteroatoms. The second-order valence-electron chi connectivity index (χ2n) is 3.55. The molecule has 0 saturated heterocycles. The van der Waals surface area contributed by atoms with Crippen LogP contribution in [0.25, 0.3) is 0 Å². The highest BCUT2D eigenvalue weighted by molar-refractivity contribution is 6.30. The number of nitrogens with zero attached hydrogens (tertiary/aromatic N) is 3. The van der Waals surface area contributed by atoms with Crippen molar-refractivity contribution in [1.82, 2.24) is 9.97 Å². The summed E-state index contributed by atoms with van der Waals surface area (Å²) in [4.78, 5) is 18.1. The summed E-state index contributed by atoms with van der Waals surface area (Å²) in [7, 11) is 0. The highest BCUT2D eigenvalue weighted by Crippen LogP contribution is 2.27. The molecule has 92 valence electrons. The molecule has 2 aromatic rings. The molecular formula is C11H9ClN4O2. The average molecular weight is 265 g/mol. The van der Waals surface area contributed by atoms with E-state index in [1.165, 1.54) is 6.33 Å². The topological polar surface area (TPSA) is 81.0 Å². The number of aromatic nitrogens is 2. The highest BCUT2D eigenvalue weighted by atomic mass is 35.5. The lowest BCUT2D eigenvalue weighted by Crippen LogP contribution is -2.03. The van der Waals surface area contributed by atoms with Crippen LogP contribution in [0, 0.1) is 17.0 Å². The van der Waals surface area contributed by atoms with E-state index in [9.17, 15) is 10.1 Å². The molecule has 18 heavy (non-hydrogen) atoms. The molecule has 0 amide bonds. The quantitative estimate of drug-likeness (QED) is 0.680. The van der Waals surface area contributed by atoms with Crippen LogP contribution in [-0.2, 0) is 0 Å². The number of aryl methyl sites for hydroxylation is 1. The molecule has 0 unspecified atom stereocenters. The minimum Gasteiger partial charge on any atom is -0.334 e. The standard InChI is InChI=1S/C11H9ClN4O2/c1-7-10(16(17)18)11(14-6-13-7)15-9-4-2-8(12)3-5-9/h2-6H,1H3,(H,13,14,15). The van der Waals surface area contributed by atoms with Crippen molar-refractivity contribution in [3.63, 3.8) is 0 Å². The monoisotopic (exact) mass is 264 g/mol. The first-order chi connectivity index (χ1) is 8.58. The van der Waals surface area contributed by atoms with Crippen molar-refractivity contribution in [2.24, 2.45) is 0 Å². The van der Waals surface area contributed by atoms with Crippen molar-refractivity contribution in [1.29, 1.82) is 0 Å². The summed E-state index contributed by atoms with van der Waals surface area (Å²) in [5.74, 6) is 0.162. The predicted molar refractivity (Wildman–Crippen MR) is 68.2 cm³/mol. The normalized spacial score (nSPS) is 10.1. The summed E-state index contributed by atoms with van der Waals surface area (Å²) in [6.45, 7) is 1.56. The van der Waals surface area contributed by atoms with Crippen LogP contribution in [0.15, 0.2) is 30.6 Å². The maximum Gasteiger partial charge on any atom is 0.332 e. The minimum atomic E-state index is -0.506. The first-order valence-corrected chi connectivity index (χ1v) is 5.44. The van der Waals surface area contributed by atoms with Crippen LogP contribution in [0.1, 0.15) is 5.69 Å². The van der Waals surface area contributed by atoms with Crippen molar-refractivity contribution in [3.8, 4) is 0 Å². The zero-order chi connectivity index (χ0) is 13.1. The van der Waals surface area contributed by atoms with Gasteiger partial charge in [-0.1, -0.05) is 11.6 Å². The predicted octanol–water partition coefficient (Wildman–Crippen LogP) is 3.09. The van der Waals surface area contributed by atoms with Crippen LogP contribution in [0.3, 0.4) is 0 Å². The number of rotatable bonds is 3. The Hall–Kier alpha value is -2.21. The fourth-order valence-electron chi connectivity index (χ4n) is 1.45. The maximum absolute atomic E-state index is 11.0. The Morgan fingerprint density at radius 1 is 1.28 bits per heavy atom. The lowest BCUT2D eigenvalue weighted by atomic mass is 10.3. The van der Waals surface area contributed by atoms with E-state index >= 15 is 0 Å². The second kappa shape index (κ2) is 4.97. The minimum absolute atomic E-state index is 0.132. The Morgan fingerprint density at radius 2 is 1.94 bits per heavy atom. The van der Waals surface area contributed by atoms with E-state index in [-0.39, 0.29) is 11.5 Å². The summed E-state index contributed by atoms with van der Waals surface area (Å²) in [6, 6.07) is 6.79. The Labute approximate surface area is 108 Å². The van der Waals surface area contributed by atoms with Gasteiger partial charge in [-0.05, 0) is 31.2 Å². The number of nitrogens with one attached hydrogen (secondary N) is 1. The summed E-state index contributed by atoms with van der Waals surface area (Å²) >= 11 is 5.76. The van der Waals surface area contributed by atoms with E-state index in [1.807, 2.05) is 0 Å². The first kappa shape index (κ1) is 12.3. The molecule has 0 radical (unpaired) electrons. The number of nitro groups is 1. The van der Waals surface area contributed by atoms with Crippen LogP contribution in [0.5, 0.6) is 0 Å². The van der Waals surface area contributed by atoms with Crippen molar-refractivity contribution >= 4 is 28.8 Å². The SMILES string of the molecule is Cc1ncnc(Nc2ccc(Cl)cc2)c1[N+](=O)[O-]. The van der Waals surface area contributed by atoms with Gasteiger partial charge in [0.1, 0.15) is 12.0 Å². The van der Waals surface area contributed by atoms with Gasteiger partial charge in [-0.25, -0.2) is 9.97 Å². The third kappa shape index (κ3) is 2.54. The van der Waals surface area contributed by atoms with Gasteiger partial charge in [0.2, 0.25) is 5.82 Å². The molecule has 0 atom stereocenters. The molecule has 1 heterocycles. The smallest absolute Gasteiger partial charge is 0.332 e. The van der Waals surface area contributed by atoms with Gasteiger partial charge < -0.3 is 5.32 Å². The van der Waals surface area contributed by atoms with Gasteiger partial charge in [0, 0.05) is 10.7 Å². The Kier molecular flexibility index (Phi) is 3.38. The first-order valence-electron chi connectivity index (χ1n) is 5.06. The number of hydrogen-bond acceptors (Lipinski definition) is 5. The largest absolute Gasteiger partial charge is 0.334 e. The van der Waals surface area contributed by atoms with E-state index in [4.69, 9.17) is 11.6 Å². The molecule has 0 spiro atoms. The fourth-order valence-corrected chi connectivity index (χ4v) is 1.57. The molecule has 0 aliphatic heterocycles. The molecule has 1 aromatic heterocycles.